The van der Waals surface area contributed by atoms with E-state index in [4.69, 9.17) is 9.47 Å². The largest absolute Gasteiger partial charge is 0.458 e. The summed E-state index contributed by atoms with van der Waals surface area (Å²) in [5.74, 6) is 3.29. The third-order valence-corrected chi connectivity index (χ3v) is 24.1. The molecule has 0 aromatic heterocycles. The van der Waals surface area contributed by atoms with E-state index in [0.29, 0.717) is 0 Å². The lowest BCUT2D eigenvalue weighted by molar-refractivity contribution is 0.467. The molecule has 2 heterocycles. The molecule has 0 spiro atoms. The van der Waals surface area contributed by atoms with Gasteiger partial charge in [0.25, 0.3) is 6.71 Å². The van der Waals surface area contributed by atoms with Gasteiger partial charge in [-0.15, -0.1) is 0 Å². The molecule has 14 rings (SSSR count). The van der Waals surface area contributed by atoms with Crippen molar-refractivity contribution in [2.24, 2.45) is 0 Å². The van der Waals surface area contributed by atoms with Gasteiger partial charge in [-0.2, -0.15) is 0 Å². The van der Waals surface area contributed by atoms with Crippen LogP contribution in [0.25, 0.3) is 66.8 Å². The number of hydrogen-bond donors (Lipinski definition) is 0. The predicted octanol–water partition coefficient (Wildman–Crippen LogP) is 19.0. The summed E-state index contributed by atoms with van der Waals surface area (Å²) in [5, 5.41) is 5.23. The topological polar surface area (TPSA) is 18.5 Å². The molecule has 0 fully saturated rings. The van der Waals surface area contributed by atoms with E-state index in [9.17, 15) is 0 Å². The van der Waals surface area contributed by atoms with Gasteiger partial charge in [0.15, 0.2) is 8.07 Å². The normalized spacial score (nSPS) is 12.9. The molecule has 2 aliphatic heterocycles. The Hall–Kier alpha value is -9.48. The molecule has 12 aromatic rings. The minimum atomic E-state index is -3.02. The first-order valence-corrected chi connectivity index (χ1v) is 34.8. The number of fused-ring (bicyclic) bond motifs is 4. The zero-order chi connectivity index (χ0) is 63.9. The molecular formula is C88H81BO2Si. The average molecular weight is 1210 g/mol. The first kappa shape index (κ1) is 60.1. The van der Waals surface area contributed by atoms with Gasteiger partial charge < -0.3 is 9.47 Å². The molecule has 0 N–H and O–H groups in total. The van der Waals surface area contributed by atoms with Crippen molar-refractivity contribution in [3.63, 3.8) is 0 Å². The Balaban J connectivity index is 1.10. The van der Waals surface area contributed by atoms with E-state index in [1.807, 2.05) is 0 Å². The number of benzene rings is 12. The maximum absolute atomic E-state index is 7.92. The summed E-state index contributed by atoms with van der Waals surface area (Å²) in [6, 6.07) is 103. The molecule has 12 aromatic carbocycles. The monoisotopic (exact) mass is 1210 g/mol. The van der Waals surface area contributed by atoms with Gasteiger partial charge in [-0.25, -0.2) is 0 Å². The summed E-state index contributed by atoms with van der Waals surface area (Å²) in [6.07, 6.45) is 0. The zero-order valence-electron chi connectivity index (χ0n) is 55.4. The van der Waals surface area contributed by atoms with Crippen LogP contribution in [0.4, 0.5) is 0 Å². The minimum absolute atomic E-state index is 0.0633. The second kappa shape index (κ2) is 23.0. The summed E-state index contributed by atoms with van der Waals surface area (Å²) >= 11 is 0. The lowest BCUT2D eigenvalue weighted by Crippen LogP contribution is -2.74. The molecule has 452 valence electrons. The molecule has 0 aliphatic carbocycles. The molecule has 0 saturated carbocycles. The SMILES string of the molecule is CC(C)(C)c1cc(-c2ccc3c(c2)Oc2c(-c4cccc([Si](c5ccccc5)(c5ccccc5)c5ccccc5)c4)cc(-c4c(-c5ccccc5)cccc4-c4ccccc4)c4c2B3c2ccc(-c3cc(C(C)(C)C)cc(C(C)(C)C)c3)cc2O4)cc(C(C)(C)C)c1. The van der Waals surface area contributed by atoms with Crippen molar-refractivity contribution in [1.29, 1.82) is 0 Å². The summed E-state index contributed by atoms with van der Waals surface area (Å²) in [5.41, 5.74) is 21.5. The van der Waals surface area contributed by atoms with E-state index < -0.39 is 8.07 Å². The first-order chi connectivity index (χ1) is 44.1. The second-order valence-electron chi connectivity index (χ2n) is 29.7. The van der Waals surface area contributed by atoms with E-state index >= 15 is 0 Å². The zero-order valence-corrected chi connectivity index (χ0v) is 56.4. The molecule has 0 unspecified atom stereocenters. The lowest BCUT2D eigenvalue weighted by Gasteiger charge is -2.37. The van der Waals surface area contributed by atoms with Crippen molar-refractivity contribution in [2.75, 3.05) is 0 Å². The summed E-state index contributed by atoms with van der Waals surface area (Å²) in [7, 11) is -3.02. The second-order valence-corrected chi connectivity index (χ2v) is 33.5. The Morgan fingerprint density at radius 2 is 0.609 bits per heavy atom. The standard InChI is InChI=1S/C88H81BO2Si/c1-85(2,3)65-48-63(49-66(55-65)86(4,5)6)60-44-46-77-79(53-60)90-83-75(62-34-28-41-72(52-62)92(69-35-22-15-23-36-69,70-37-24-16-25-38-70)71-39-26-17-27-40-71)57-76(81-73(58-30-18-13-19-31-58)42-29-43-74(81)59-32-20-14-21-33-59)84-82(83)89(77)78-47-45-61(54-80(78)91-84)64-50-67(87(7,8)9)56-68(51-64)88(10,11)12/h13-57H,1-12H3. The molecule has 0 amide bonds. The van der Waals surface area contributed by atoms with Crippen LogP contribution >= 0.6 is 0 Å². The third-order valence-electron chi connectivity index (χ3n) is 19.4. The fourth-order valence-corrected chi connectivity index (χ4v) is 19.0. The number of hydrogen-bond acceptors (Lipinski definition) is 2. The fourth-order valence-electron chi connectivity index (χ4n) is 14.2. The summed E-state index contributed by atoms with van der Waals surface area (Å²) in [6.45, 7) is 27.6. The van der Waals surface area contributed by atoms with Crippen molar-refractivity contribution in [1.82, 2.24) is 0 Å². The molecule has 0 radical (unpaired) electrons. The van der Waals surface area contributed by atoms with Crippen LogP contribution in [0.15, 0.2) is 273 Å². The average Bonchev–Trinajstić information content (AvgIpc) is 0.704. The Morgan fingerprint density at radius 3 is 1.00 bits per heavy atom. The van der Waals surface area contributed by atoms with Gasteiger partial charge in [0.2, 0.25) is 0 Å². The smallest absolute Gasteiger partial charge is 0.260 e. The van der Waals surface area contributed by atoms with Crippen molar-refractivity contribution < 1.29 is 9.47 Å². The molecule has 4 heteroatoms. The summed E-state index contributed by atoms with van der Waals surface area (Å²) in [4.78, 5) is 0. The Kier molecular flexibility index (Phi) is 15.0. The van der Waals surface area contributed by atoms with Gasteiger partial charge in [0.1, 0.15) is 23.0 Å². The van der Waals surface area contributed by atoms with E-state index in [0.717, 1.165) is 95.0 Å². The third kappa shape index (κ3) is 10.9. The van der Waals surface area contributed by atoms with Gasteiger partial charge in [-0.3, -0.25) is 0 Å². The van der Waals surface area contributed by atoms with Crippen molar-refractivity contribution >= 4 is 51.9 Å². The Morgan fingerprint density at radius 1 is 0.261 bits per heavy atom. The highest BCUT2D eigenvalue weighted by Gasteiger charge is 2.45. The van der Waals surface area contributed by atoms with Crippen LogP contribution in [0.1, 0.15) is 105 Å². The van der Waals surface area contributed by atoms with Gasteiger partial charge in [0.05, 0.1) is 0 Å². The van der Waals surface area contributed by atoms with E-state index in [-0.39, 0.29) is 28.4 Å². The highest BCUT2D eigenvalue weighted by Crippen LogP contribution is 2.51. The van der Waals surface area contributed by atoms with Gasteiger partial charge in [-0.05, 0) is 144 Å². The first-order valence-electron chi connectivity index (χ1n) is 32.8. The maximum atomic E-state index is 7.92. The van der Waals surface area contributed by atoms with E-state index in [1.54, 1.807) is 0 Å². The maximum Gasteiger partial charge on any atom is 0.260 e. The van der Waals surface area contributed by atoms with Crippen LogP contribution in [0, 0.1) is 0 Å². The highest BCUT2D eigenvalue weighted by molar-refractivity contribution is 7.20. The molecule has 2 aliphatic rings. The highest BCUT2D eigenvalue weighted by atomic mass is 28.3. The van der Waals surface area contributed by atoms with E-state index in [2.05, 4.69) is 356 Å². The quantitative estimate of drug-likeness (QED) is 0.100. The van der Waals surface area contributed by atoms with Crippen LogP contribution in [0.2, 0.25) is 0 Å². The van der Waals surface area contributed by atoms with Crippen LogP contribution in [0.5, 0.6) is 23.0 Å². The van der Waals surface area contributed by atoms with Crippen molar-refractivity contribution in [3.05, 3.63) is 295 Å². The fraction of sp³-hybridized carbons (Fsp3) is 0.182. The molecular weight excluding hydrogens is 1130 g/mol. The van der Waals surface area contributed by atoms with Crippen molar-refractivity contribution in [2.45, 2.75) is 105 Å². The van der Waals surface area contributed by atoms with Crippen LogP contribution in [-0.4, -0.2) is 14.8 Å². The van der Waals surface area contributed by atoms with Crippen LogP contribution < -0.4 is 46.6 Å². The van der Waals surface area contributed by atoms with Gasteiger partial charge in [-0.1, -0.05) is 338 Å². The molecule has 0 bridgehead atoms. The van der Waals surface area contributed by atoms with Crippen molar-refractivity contribution in [3.8, 4) is 89.8 Å². The number of ether oxygens (including phenoxy) is 2. The lowest BCUT2D eigenvalue weighted by atomic mass is 9.34. The molecule has 0 saturated heterocycles. The molecule has 0 atom stereocenters. The van der Waals surface area contributed by atoms with E-state index in [1.165, 1.54) is 54.1 Å². The predicted molar refractivity (Wildman–Crippen MR) is 395 cm³/mol. The molecule has 92 heavy (non-hydrogen) atoms. The Bertz CT molecular complexity index is 4520. The summed E-state index contributed by atoms with van der Waals surface area (Å²) < 4.78 is 15.8. The van der Waals surface area contributed by atoms with Crippen LogP contribution in [-0.2, 0) is 21.7 Å². The van der Waals surface area contributed by atoms with Gasteiger partial charge in [0, 0.05) is 22.2 Å². The number of rotatable bonds is 10. The minimum Gasteiger partial charge on any atom is -0.458 e. The molecule has 2 nitrogen and oxygen atoms in total. The van der Waals surface area contributed by atoms with Gasteiger partial charge >= 0.3 is 0 Å². The Labute approximate surface area is 547 Å². The van der Waals surface area contributed by atoms with Crippen LogP contribution in [0.3, 0.4) is 0 Å².